The second kappa shape index (κ2) is 5.87. The van der Waals surface area contributed by atoms with Crippen molar-refractivity contribution in [1.29, 1.82) is 0 Å². The highest BCUT2D eigenvalue weighted by atomic mass is 79.9. The predicted octanol–water partition coefficient (Wildman–Crippen LogP) is 4.10. The van der Waals surface area contributed by atoms with Gasteiger partial charge in [0, 0.05) is 15.2 Å². The summed E-state index contributed by atoms with van der Waals surface area (Å²) in [7, 11) is -3.71. The highest BCUT2D eigenvalue weighted by molar-refractivity contribution is 9.10. The van der Waals surface area contributed by atoms with Crippen LogP contribution in [0.2, 0.25) is 5.02 Å². The van der Waals surface area contributed by atoms with Crippen molar-refractivity contribution in [3.05, 3.63) is 51.0 Å². The molecule has 0 saturated carbocycles. The Kier molecular flexibility index (Phi) is 4.51. The average Bonchev–Trinajstić information content (AvgIpc) is 2.35. The van der Waals surface area contributed by atoms with Gasteiger partial charge in [-0.05, 0) is 71.2 Å². The van der Waals surface area contributed by atoms with E-state index in [2.05, 4.69) is 20.7 Å². The third-order valence-corrected chi connectivity index (χ3v) is 5.57. The number of hydrogen-bond acceptors (Lipinski definition) is 3. The van der Waals surface area contributed by atoms with E-state index in [4.69, 9.17) is 17.3 Å². The Morgan fingerprint density at radius 1 is 1.14 bits per heavy atom. The molecule has 0 unspecified atom stereocenters. The van der Waals surface area contributed by atoms with Crippen molar-refractivity contribution < 1.29 is 8.42 Å². The quantitative estimate of drug-likeness (QED) is 0.776. The zero-order chi connectivity index (χ0) is 15.8. The zero-order valence-corrected chi connectivity index (χ0v) is 14.6. The number of nitrogens with two attached hydrogens (primary N) is 1. The maximum Gasteiger partial charge on any atom is 0.262 e. The minimum Gasteiger partial charge on any atom is -0.399 e. The molecular formula is C14H14BrClN2O2S. The highest BCUT2D eigenvalue weighted by Gasteiger charge is 2.18. The molecule has 2 aromatic carbocycles. The molecule has 0 aliphatic rings. The van der Waals surface area contributed by atoms with E-state index in [9.17, 15) is 8.42 Å². The lowest BCUT2D eigenvalue weighted by Crippen LogP contribution is -2.15. The van der Waals surface area contributed by atoms with Crippen LogP contribution in [0.4, 0.5) is 11.4 Å². The molecule has 0 heterocycles. The summed E-state index contributed by atoms with van der Waals surface area (Å²) in [4.78, 5) is 0.181. The van der Waals surface area contributed by atoms with E-state index in [1.54, 1.807) is 31.2 Å². The third kappa shape index (κ3) is 3.51. The van der Waals surface area contributed by atoms with Crippen molar-refractivity contribution in [2.75, 3.05) is 10.5 Å². The molecule has 0 saturated heterocycles. The molecule has 0 amide bonds. The standard InChI is InChI=1S/C14H14BrClN2O2S/c1-8-6-11(15)13(7-12(8)16)18-21(19,20)14-4-3-10(17)5-9(14)2/h3-7,18H,17H2,1-2H3. The van der Waals surface area contributed by atoms with Crippen LogP contribution in [0.25, 0.3) is 0 Å². The summed E-state index contributed by atoms with van der Waals surface area (Å²) in [5.74, 6) is 0. The van der Waals surface area contributed by atoms with E-state index in [1.807, 2.05) is 6.92 Å². The molecule has 7 heteroatoms. The van der Waals surface area contributed by atoms with Gasteiger partial charge in [-0.25, -0.2) is 8.42 Å². The molecular weight excluding hydrogens is 376 g/mol. The van der Waals surface area contributed by atoms with E-state index in [1.165, 1.54) is 6.07 Å². The van der Waals surface area contributed by atoms with Gasteiger partial charge in [-0.1, -0.05) is 11.6 Å². The fraction of sp³-hybridized carbons (Fsp3) is 0.143. The van der Waals surface area contributed by atoms with Gasteiger partial charge in [-0.15, -0.1) is 0 Å². The molecule has 0 aliphatic heterocycles. The zero-order valence-electron chi connectivity index (χ0n) is 11.4. The third-order valence-electron chi connectivity index (χ3n) is 2.98. The first-order valence-corrected chi connectivity index (χ1v) is 8.71. The smallest absolute Gasteiger partial charge is 0.262 e. The minimum atomic E-state index is -3.71. The van der Waals surface area contributed by atoms with Crippen LogP contribution in [-0.4, -0.2) is 8.42 Å². The number of nitrogen functional groups attached to an aromatic ring is 1. The number of halogens is 2. The topological polar surface area (TPSA) is 72.2 Å². The van der Waals surface area contributed by atoms with Gasteiger partial charge in [0.25, 0.3) is 10.0 Å². The number of sulfonamides is 1. The van der Waals surface area contributed by atoms with Crippen molar-refractivity contribution in [3.8, 4) is 0 Å². The van der Waals surface area contributed by atoms with Crippen LogP contribution in [0.1, 0.15) is 11.1 Å². The van der Waals surface area contributed by atoms with Crippen LogP contribution in [0.15, 0.2) is 39.7 Å². The minimum absolute atomic E-state index is 0.181. The fourth-order valence-corrected chi connectivity index (χ4v) is 4.05. The number of hydrogen-bond donors (Lipinski definition) is 2. The Labute approximate surface area is 137 Å². The van der Waals surface area contributed by atoms with Gasteiger partial charge in [0.1, 0.15) is 0 Å². The van der Waals surface area contributed by atoms with E-state index in [-0.39, 0.29) is 4.90 Å². The van der Waals surface area contributed by atoms with Crippen molar-refractivity contribution in [2.24, 2.45) is 0 Å². The molecule has 21 heavy (non-hydrogen) atoms. The second-order valence-corrected chi connectivity index (χ2v) is 7.62. The summed E-state index contributed by atoms with van der Waals surface area (Å²) in [6.45, 7) is 3.54. The molecule has 0 atom stereocenters. The lowest BCUT2D eigenvalue weighted by Gasteiger charge is -2.13. The first-order valence-electron chi connectivity index (χ1n) is 6.05. The lowest BCUT2D eigenvalue weighted by atomic mass is 10.2. The molecule has 0 aliphatic carbocycles. The van der Waals surface area contributed by atoms with Crippen molar-refractivity contribution in [1.82, 2.24) is 0 Å². The van der Waals surface area contributed by atoms with E-state index in [0.717, 1.165) is 5.56 Å². The van der Waals surface area contributed by atoms with Gasteiger partial charge < -0.3 is 5.73 Å². The van der Waals surface area contributed by atoms with Crippen LogP contribution in [0, 0.1) is 13.8 Å². The van der Waals surface area contributed by atoms with Crippen molar-refractivity contribution >= 4 is 48.9 Å². The Hall–Kier alpha value is -1.24. The summed E-state index contributed by atoms with van der Waals surface area (Å²) in [5.41, 5.74) is 7.99. The molecule has 0 bridgehead atoms. The summed E-state index contributed by atoms with van der Waals surface area (Å²) in [5, 5.41) is 0.491. The Morgan fingerprint density at radius 3 is 2.43 bits per heavy atom. The predicted molar refractivity (Wildman–Crippen MR) is 90.3 cm³/mol. The van der Waals surface area contributed by atoms with Crippen LogP contribution >= 0.6 is 27.5 Å². The molecule has 0 radical (unpaired) electrons. The summed E-state index contributed by atoms with van der Waals surface area (Å²) >= 11 is 9.37. The lowest BCUT2D eigenvalue weighted by molar-refractivity contribution is 0.600. The van der Waals surface area contributed by atoms with Crippen molar-refractivity contribution in [3.63, 3.8) is 0 Å². The number of aryl methyl sites for hydroxylation is 2. The van der Waals surface area contributed by atoms with Crippen LogP contribution in [0.5, 0.6) is 0 Å². The molecule has 0 fully saturated rings. The van der Waals surface area contributed by atoms with Gasteiger partial charge in [0.15, 0.2) is 0 Å². The largest absolute Gasteiger partial charge is 0.399 e. The molecule has 112 valence electrons. The SMILES string of the molecule is Cc1cc(Br)c(NS(=O)(=O)c2ccc(N)cc2C)cc1Cl. The molecule has 2 aromatic rings. The number of benzene rings is 2. The molecule has 4 nitrogen and oxygen atoms in total. The maximum absolute atomic E-state index is 12.5. The fourth-order valence-electron chi connectivity index (χ4n) is 1.90. The normalized spacial score (nSPS) is 11.4. The highest BCUT2D eigenvalue weighted by Crippen LogP contribution is 2.31. The van der Waals surface area contributed by atoms with E-state index in [0.29, 0.717) is 26.4 Å². The molecule has 3 N–H and O–H groups in total. The van der Waals surface area contributed by atoms with Gasteiger partial charge in [0.05, 0.1) is 10.6 Å². The molecule has 2 rings (SSSR count). The van der Waals surface area contributed by atoms with Gasteiger partial charge in [0.2, 0.25) is 0 Å². The first kappa shape index (κ1) is 16.1. The Bertz CT molecular complexity index is 807. The summed E-state index contributed by atoms with van der Waals surface area (Å²) in [6.07, 6.45) is 0. The molecule has 0 aromatic heterocycles. The molecule has 0 spiro atoms. The van der Waals surface area contributed by atoms with Crippen LogP contribution < -0.4 is 10.5 Å². The van der Waals surface area contributed by atoms with Gasteiger partial charge in [-0.3, -0.25) is 4.72 Å². The Balaban J connectivity index is 2.45. The van der Waals surface area contributed by atoms with E-state index < -0.39 is 10.0 Å². The monoisotopic (exact) mass is 388 g/mol. The van der Waals surface area contributed by atoms with Crippen LogP contribution in [0.3, 0.4) is 0 Å². The Morgan fingerprint density at radius 2 is 1.81 bits per heavy atom. The summed E-state index contributed by atoms with van der Waals surface area (Å²) in [6, 6.07) is 7.99. The van der Waals surface area contributed by atoms with Gasteiger partial charge in [-0.2, -0.15) is 0 Å². The average molecular weight is 390 g/mol. The second-order valence-electron chi connectivity index (χ2n) is 4.71. The number of anilines is 2. The maximum atomic E-state index is 12.5. The number of nitrogens with one attached hydrogen (secondary N) is 1. The van der Waals surface area contributed by atoms with Crippen molar-refractivity contribution in [2.45, 2.75) is 18.7 Å². The van der Waals surface area contributed by atoms with Gasteiger partial charge >= 0.3 is 0 Å². The summed E-state index contributed by atoms with van der Waals surface area (Å²) < 4.78 is 28.1. The van der Waals surface area contributed by atoms with Crippen LogP contribution in [-0.2, 0) is 10.0 Å². The number of rotatable bonds is 3. The van der Waals surface area contributed by atoms with E-state index >= 15 is 0 Å². The first-order chi connectivity index (χ1) is 9.70.